The summed E-state index contributed by atoms with van der Waals surface area (Å²) in [6.07, 6.45) is 2.37. The van der Waals surface area contributed by atoms with Gasteiger partial charge in [0, 0.05) is 29.4 Å². The van der Waals surface area contributed by atoms with Crippen molar-refractivity contribution in [3.05, 3.63) is 71.9 Å². The fourth-order valence-electron chi connectivity index (χ4n) is 3.31. The van der Waals surface area contributed by atoms with E-state index >= 15 is 0 Å². The summed E-state index contributed by atoms with van der Waals surface area (Å²) in [6.45, 7) is 2.31. The lowest BCUT2D eigenvalue weighted by atomic mass is 10.1. The SMILES string of the molecule is CC(NC(=O)c1ccccc1)C(=O)N1CCc2cc(-c3ccno3)ccc21. The zero-order valence-electron chi connectivity index (χ0n) is 14.9. The van der Waals surface area contributed by atoms with Crippen LogP contribution in [0.1, 0.15) is 22.8 Å². The molecule has 0 spiro atoms. The Morgan fingerprint density at radius 3 is 2.70 bits per heavy atom. The molecular weight excluding hydrogens is 342 g/mol. The van der Waals surface area contributed by atoms with Gasteiger partial charge >= 0.3 is 0 Å². The maximum absolute atomic E-state index is 12.9. The summed E-state index contributed by atoms with van der Waals surface area (Å²) in [4.78, 5) is 26.9. The molecule has 0 aliphatic carbocycles. The van der Waals surface area contributed by atoms with Crippen molar-refractivity contribution in [3.8, 4) is 11.3 Å². The first-order chi connectivity index (χ1) is 13.1. The van der Waals surface area contributed by atoms with E-state index in [4.69, 9.17) is 4.52 Å². The number of hydrogen-bond acceptors (Lipinski definition) is 4. The van der Waals surface area contributed by atoms with Crippen LogP contribution in [-0.2, 0) is 11.2 Å². The van der Waals surface area contributed by atoms with E-state index < -0.39 is 6.04 Å². The minimum atomic E-state index is -0.613. The first-order valence-corrected chi connectivity index (χ1v) is 8.85. The van der Waals surface area contributed by atoms with E-state index in [2.05, 4.69) is 10.5 Å². The van der Waals surface area contributed by atoms with Crippen molar-refractivity contribution in [1.29, 1.82) is 0 Å². The molecule has 2 amide bonds. The standard InChI is InChI=1S/C21H19N3O3/c1-14(23-20(25)15-5-3-2-4-6-15)21(26)24-12-10-16-13-17(7-8-18(16)24)19-9-11-22-27-19/h2-9,11,13-14H,10,12H2,1H3,(H,23,25). The van der Waals surface area contributed by atoms with Crippen LogP contribution in [0.15, 0.2) is 65.3 Å². The average Bonchev–Trinajstić information content (AvgIpc) is 3.37. The Morgan fingerprint density at radius 1 is 1.15 bits per heavy atom. The maximum atomic E-state index is 12.9. The van der Waals surface area contributed by atoms with Gasteiger partial charge in [-0.15, -0.1) is 0 Å². The first kappa shape index (κ1) is 17.0. The summed E-state index contributed by atoms with van der Waals surface area (Å²) in [6, 6.07) is 15.9. The van der Waals surface area contributed by atoms with Crippen LogP contribution in [0.5, 0.6) is 0 Å². The van der Waals surface area contributed by atoms with Crippen molar-refractivity contribution in [2.75, 3.05) is 11.4 Å². The minimum absolute atomic E-state index is 0.120. The molecule has 0 saturated heterocycles. The van der Waals surface area contributed by atoms with Gasteiger partial charge in [-0.1, -0.05) is 23.4 Å². The fraction of sp³-hybridized carbons (Fsp3) is 0.190. The Bertz CT molecular complexity index is 968. The van der Waals surface area contributed by atoms with Gasteiger partial charge in [-0.2, -0.15) is 0 Å². The average molecular weight is 361 g/mol. The topological polar surface area (TPSA) is 75.4 Å². The second-order valence-corrected chi connectivity index (χ2v) is 6.52. The number of nitrogens with zero attached hydrogens (tertiary/aromatic N) is 2. The van der Waals surface area contributed by atoms with E-state index in [1.165, 1.54) is 0 Å². The van der Waals surface area contributed by atoms with E-state index in [0.717, 1.165) is 23.2 Å². The highest BCUT2D eigenvalue weighted by atomic mass is 16.5. The molecule has 0 bridgehead atoms. The number of amides is 2. The molecule has 4 rings (SSSR count). The van der Waals surface area contributed by atoms with Crippen LogP contribution in [-0.4, -0.2) is 29.6 Å². The van der Waals surface area contributed by atoms with Gasteiger partial charge in [0.15, 0.2) is 5.76 Å². The molecule has 0 saturated carbocycles. The smallest absolute Gasteiger partial charge is 0.251 e. The van der Waals surface area contributed by atoms with E-state index in [1.807, 2.05) is 24.3 Å². The quantitative estimate of drug-likeness (QED) is 0.775. The minimum Gasteiger partial charge on any atom is -0.356 e. The number of nitrogens with one attached hydrogen (secondary N) is 1. The van der Waals surface area contributed by atoms with Crippen molar-refractivity contribution in [1.82, 2.24) is 10.5 Å². The summed E-state index contributed by atoms with van der Waals surface area (Å²) in [5.74, 6) is 0.327. The first-order valence-electron chi connectivity index (χ1n) is 8.85. The highest BCUT2D eigenvalue weighted by Crippen LogP contribution is 2.32. The lowest BCUT2D eigenvalue weighted by Gasteiger charge is -2.22. The predicted octanol–water partition coefficient (Wildman–Crippen LogP) is 3.05. The van der Waals surface area contributed by atoms with Crippen molar-refractivity contribution in [2.45, 2.75) is 19.4 Å². The normalized spacial score (nSPS) is 13.9. The molecular formula is C21H19N3O3. The zero-order chi connectivity index (χ0) is 18.8. The number of fused-ring (bicyclic) bond motifs is 1. The van der Waals surface area contributed by atoms with E-state index in [9.17, 15) is 9.59 Å². The highest BCUT2D eigenvalue weighted by molar-refractivity contribution is 6.03. The molecule has 1 unspecified atom stereocenters. The molecule has 2 aromatic carbocycles. The number of carbonyl (C=O) groups is 2. The van der Waals surface area contributed by atoms with Gasteiger partial charge in [0.1, 0.15) is 6.04 Å². The summed E-state index contributed by atoms with van der Waals surface area (Å²) < 4.78 is 5.20. The fourth-order valence-corrected chi connectivity index (χ4v) is 3.31. The predicted molar refractivity (Wildman–Crippen MR) is 101 cm³/mol. The van der Waals surface area contributed by atoms with Gasteiger partial charge in [-0.3, -0.25) is 9.59 Å². The molecule has 0 radical (unpaired) electrons. The molecule has 0 fully saturated rings. The molecule has 27 heavy (non-hydrogen) atoms. The molecule has 1 aromatic heterocycles. The second-order valence-electron chi connectivity index (χ2n) is 6.52. The number of rotatable bonds is 4. The third-order valence-corrected chi connectivity index (χ3v) is 4.72. The second kappa shape index (κ2) is 7.07. The van der Waals surface area contributed by atoms with Crippen molar-refractivity contribution in [2.24, 2.45) is 0 Å². The van der Waals surface area contributed by atoms with Crippen molar-refractivity contribution in [3.63, 3.8) is 0 Å². The Hall–Kier alpha value is -3.41. The third-order valence-electron chi connectivity index (χ3n) is 4.72. The third kappa shape index (κ3) is 3.33. The maximum Gasteiger partial charge on any atom is 0.251 e. The summed E-state index contributed by atoms with van der Waals surface area (Å²) in [5, 5.41) is 6.52. The van der Waals surface area contributed by atoms with Gasteiger partial charge in [0.2, 0.25) is 5.91 Å². The molecule has 136 valence electrons. The molecule has 1 aliphatic heterocycles. The number of carbonyl (C=O) groups excluding carboxylic acids is 2. The lowest BCUT2D eigenvalue weighted by Crippen LogP contribution is -2.46. The molecule has 1 aliphatic rings. The van der Waals surface area contributed by atoms with Crippen LogP contribution < -0.4 is 10.2 Å². The molecule has 1 N–H and O–H groups in total. The van der Waals surface area contributed by atoms with Crippen LogP contribution in [0.2, 0.25) is 0 Å². The Balaban J connectivity index is 1.48. The van der Waals surface area contributed by atoms with Crippen molar-refractivity contribution < 1.29 is 14.1 Å². The van der Waals surface area contributed by atoms with Gasteiger partial charge < -0.3 is 14.7 Å². The van der Waals surface area contributed by atoms with E-state index in [1.54, 1.807) is 48.4 Å². The molecule has 2 heterocycles. The van der Waals surface area contributed by atoms with Crippen LogP contribution in [0.3, 0.4) is 0 Å². The Kier molecular flexibility index (Phi) is 4.46. The highest BCUT2D eigenvalue weighted by Gasteiger charge is 2.29. The summed E-state index contributed by atoms with van der Waals surface area (Å²) in [5.41, 5.74) is 3.43. The number of anilines is 1. The molecule has 6 nitrogen and oxygen atoms in total. The lowest BCUT2D eigenvalue weighted by molar-refractivity contribution is -0.119. The monoisotopic (exact) mass is 361 g/mol. The largest absolute Gasteiger partial charge is 0.356 e. The van der Waals surface area contributed by atoms with E-state index in [0.29, 0.717) is 17.9 Å². The zero-order valence-corrected chi connectivity index (χ0v) is 14.9. The van der Waals surface area contributed by atoms with Crippen LogP contribution in [0.25, 0.3) is 11.3 Å². The number of benzene rings is 2. The van der Waals surface area contributed by atoms with Crippen LogP contribution in [0, 0.1) is 0 Å². The summed E-state index contributed by atoms with van der Waals surface area (Å²) >= 11 is 0. The molecule has 6 heteroatoms. The van der Waals surface area contributed by atoms with Gasteiger partial charge in [0.25, 0.3) is 5.91 Å². The number of hydrogen-bond donors (Lipinski definition) is 1. The van der Waals surface area contributed by atoms with Crippen LogP contribution >= 0.6 is 0 Å². The summed E-state index contributed by atoms with van der Waals surface area (Å²) in [7, 11) is 0. The Labute approximate surface area is 156 Å². The van der Waals surface area contributed by atoms with Gasteiger partial charge in [-0.05, 0) is 49.2 Å². The van der Waals surface area contributed by atoms with Crippen LogP contribution in [0.4, 0.5) is 5.69 Å². The van der Waals surface area contributed by atoms with Gasteiger partial charge in [-0.25, -0.2) is 0 Å². The van der Waals surface area contributed by atoms with E-state index in [-0.39, 0.29) is 11.8 Å². The molecule has 1 atom stereocenters. The number of aromatic nitrogens is 1. The molecule has 3 aromatic rings. The van der Waals surface area contributed by atoms with Gasteiger partial charge in [0.05, 0.1) is 6.20 Å². The Morgan fingerprint density at radius 2 is 1.96 bits per heavy atom. The van der Waals surface area contributed by atoms with Crippen molar-refractivity contribution >= 4 is 17.5 Å².